The number of benzene rings is 2. The average molecular weight is 435 g/mol. The smallest absolute Gasteiger partial charge is 0.227 e. The first kappa shape index (κ1) is 20.6. The van der Waals surface area contributed by atoms with Crippen LogP contribution in [-0.2, 0) is 0 Å². The molecule has 0 saturated carbocycles. The molecule has 166 valence electrons. The normalized spacial score (nSPS) is 15.2. The van der Waals surface area contributed by atoms with E-state index in [-0.39, 0.29) is 11.9 Å². The van der Waals surface area contributed by atoms with Gasteiger partial charge in [-0.1, -0.05) is 12.1 Å². The van der Waals surface area contributed by atoms with Crippen LogP contribution in [0.15, 0.2) is 36.5 Å². The van der Waals surface area contributed by atoms with Crippen molar-refractivity contribution in [3.8, 4) is 0 Å². The summed E-state index contributed by atoms with van der Waals surface area (Å²) in [5.74, 6) is 0.162. The van der Waals surface area contributed by atoms with Crippen molar-refractivity contribution < 1.29 is 4.39 Å². The number of piperazine rings is 1. The zero-order valence-corrected chi connectivity index (χ0v) is 18.6. The Balaban J connectivity index is 1.42. The molecule has 5 rings (SSSR count). The number of hydrogen-bond acceptors (Lipinski definition) is 7. The van der Waals surface area contributed by atoms with Crippen LogP contribution < -0.4 is 10.2 Å². The molecule has 9 heteroatoms. The summed E-state index contributed by atoms with van der Waals surface area (Å²) in [5, 5.41) is 12.6. The van der Waals surface area contributed by atoms with Gasteiger partial charge < -0.3 is 15.1 Å². The van der Waals surface area contributed by atoms with Crippen LogP contribution in [0.4, 0.5) is 21.7 Å². The minimum atomic E-state index is -0.245. The Labute approximate surface area is 186 Å². The van der Waals surface area contributed by atoms with Gasteiger partial charge in [0, 0.05) is 49.5 Å². The minimum absolute atomic E-state index is 0.151. The molecule has 4 aromatic rings. The van der Waals surface area contributed by atoms with E-state index in [1.807, 2.05) is 28.9 Å². The molecule has 1 aliphatic rings. The van der Waals surface area contributed by atoms with Gasteiger partial charge in [-0.05, 0) is 50.7 Å². The number of anilines is 3. The van der Waals surface area contributed by atoms with Crippen LogP contribution >= 0.6 is 0 Å². The van der Waals surface area contributed by atoms with Gasteiger partial charge in [0.05, 0.1) is 5.69 Å². The summed E-state index contributed by atoms with van der Waals surface area (Å²) in [5.41, 5.74) is 3.68. The fraction of sp³-hybridized carbons (Fsp3) is 0.391. The fourth-order valence-corrected chi connectivity index (χ4v) is 4.22. The molecule has 1 aliphatic heterocycles. The van der Waals surface area contributed by atoms with E-state index in [2.05, 4.69) is 51.2 Å². The van der Waals surface area contributed by atoms with Gasteiger partial charge in [-0.2, -0.15) is 0 Å². The standard InChI is InChI=1S/C23H27FN8/c1-4-30-9-11-31(12-10-30)20-8-6-17(13-18(20)24)26-23-25-14-16-5-7-19-22(21(16)27-23)32(15(2)3)29-28-19/h5-8,13-15H,4,9-12H2,1-3H3,(H,25,26,27). The highest BCUT2D eigenvalue weighted by Gasteiger charge is 2.19. The van der Waals surface area contributed by atoms with Crippen molar-refractivity contribution >= 4 is 39.3 Å². The van der Waals surface area contributed by atoms with Crippen molar-refractivity contribution in [3.63, 3.8) is 0 Å². The lowest BCUT2D eigenvalue weighted by Gasteiger charge is -2.35. The second-order valence-electron chi connectivity index (χ2n) is 8.40. The van der Waals surface area contributed by atoms with E-state index >= 15 is 0 Å². The van der Waals surface area contributed by atoms with Crippen LogP contribution in [0.25, 0.3) is 21.9 Å². The number of nitrogens with one attached hydrogen (secondary N) is 1. The molecular formula is C23H27FN8. The minimum Gasteiger partial charge on any atom is -0.367 e. The molecule has 0 unspecified atom stereocenters. The largest absolute Gasteiger partial charge is 0.367 e. The fourth-order valence-electron chi connectivity index (χ4n) is 4.22. The van der Waals surface area contributed by atoms with Gasteiger partial charge >= 0.3 is 0 Å². The summed E-state index contributed by atoms with van der Waals surface area (Å²) in [6, 6.07) is 9.23. The molecule has 0 amide bonds. The number of likely N-dealkylation sites (N-methyl/N-ethyl adjacent to an activating group) is 1. The first-order valence-electron chi connectivity index (χ1n) is 11.1. The summed E-state index contributed by atoms with van der Waals surface area (Å²) < 4.78 is 16.8. The van der Waals surface area contributed by atoms with Crippen molar-refractivity contribution in [1.29, 1.82) is 0 Å². The molecule has 0 aliphatic carbocycles. The van der Waals surface area contributed by atoms with E-state index in [1.54, 1.807) is 6.20 Å². The summed E-state index contributed by atoms with van der Waals surface area (Å²) in [6.45, 7) is 10.9. The van der Waals surface area contributed by atoms with Gasteiger partial charge in [-0.15, -0.1) is 5.10 Å². The molecule has 3 heterocycles. The van der Waals surface area contributed by atoms with Gasteiger partial charge in [0.15, 0.2) is 0 Å². The van der Waals surface area contributed by atoms with Crippen molar-refractivity contribution in [3.05, 3.63) is 42.3 Å². The van der Waals surface area contributed by atoms with Crippen molar-refractivity contribution in [2.24, 2.45) is 0 Å². The molecule has 1 saturated heterocycles. The molecule has 32 heavy (non-hydrogen) atoms. The van der Waals surface area contributed by atoms with E-state index in [1.165, 1.54) is 6.07 Å². The molecule has 2 aromatic carbocycles. The SMILES string of the molecule is CCN1CCN(c2ccc(Nc3ncc4ccc5nnn(C(C)C)c5c4n3)cc2F)CC1. The van der Waals surface area contributed by atoms with E-state index in [4.69, 9.17) is 4.98 Å². The number of fused-ring (bicyclic) bond motifs is 3. The van der Waals surface area contributed by atoms with Gasteiger partial charge in [0.25, 0.3) is 0 Å². The summed E-state index contributed by atoms with van der Waals surface area (Å²) >= 11 is 0. The third-order valence-electron chi connectivity index (χ3n) is 6.04. The Morgan fingerprint density at radius 2 is 1.91 bits per heavy atom. The molecule has 0 radical (unpaired) electrons. The Bertz CT molecular complexity index is 1260. The van der Waals surface area contributed by atoms with Crippen molar-refractivity contribution in [1.82, 2.24) is 29.9 Å². The lowest BCUT2D eigenvalue weighted by atomic mass is 10.2. The second-order valence-corrected chi connectivity index (χ2v) is 8.40. The first-order chi connectivity index (χ1) is 15.5. The Hall–Kier alpha value is -3.33. The lowest BCUT2D eigenvalue weighted by molar-refractivity contribution is 0.270. The highest BCUT2D eigenvalue weighted by Crippen LogP contribution is 2.28. The molecule has 0 atom stereocenters. The number of aromatic nitrogens is 5. The molecule has 1 N–H and O–H groups in total. The highest BCUT2D eigenvalue weighted by atomic mass is 19.1. The van der Waals surface area contributed by atoms with Crippen LogP contribution in [0.3, 0.4) is 0 Å². The predicted molar refractivity (Wildman–Crippen MR) is 125 cm³/mol. The highest BCUT2D eigenvalue weighted by molar-refractivity contribution is 6.01. The summed E-state index contributed by atoms with van der Waals surface area (Å²) in [7, 11) is 0. The monoisotopic (exact) mass is 434 g/mol. The molecule has 2 aromatic heterocycles. The summed E-state index contributed by atoms with van der Waals surface area (Å²) in [4.78, 5) is 13.6. The van der Waals surface area contributed by atoms with Crippen molar-refractivity contribution in [2.75, 3.05) is 42.9 Å². The maximum absolute atomic E-state index is 14.9. The van der Waals surface area contributed by atoms with Gasteiger partial charge in [-0.25, -0.2) is 19.0 Å². The van der Waals surface area contributed by atoms with Gasteiger partial charge in [-0.3, -0.25) is 0 Å². The zero-order chi connectivity index (χ0) is 22.2. The van der Waals surface area contributed by atoms with E-state index < -0.39 is 0 Å². The summed E-state index contributed by atoms with van der Waals surface area (Å²) in [6.07, 6.45) is 1.76. The van der Waals surface area contributed by atoms with Gasteiger partial charge in [0.2, 0.25) is 5.95 Å². The van der Waals surface area contributed by atoms with Crippen LogP contribution in [0.2, 0.25) is 0 Å². The third kappa shape index (κ3) is 3.73. The average Bonchev–Trinajstić information content (AvgIpc) is 3.24. The zero-order valence-electron chi connectivity index (χ0n) is 18.6. The molecule has 0 spiro atoms. The van der Waals surface area contributed by atoms with Crippen LogP contribution in [0, 0.1) is 5.82 Å². The molecular weight excluding hydrogens is 407 g/mol. The van der Waals surface area contributed by atoms with E-state index in [9.17, 15) is 4.39 Å². The van der Waals surface area contributed by atoms with Crippen LogP contribution in [-0.4, -0.2) is 62.6 Å². The maximum atomic E-state index is 14.9. The first-order valence-corrected chi connectivity index (χ1v) is 11.1. The topological polar surface area (TPSA) is 75.0 Å². The molecule has 8 nitrogen and oxygen atoms in total. The van der Waals surface area contributed by atoms with Crippen molar-refractivity contribution in [2.45, 2.75) is 26.8 Å². The predicted octanol–water partition coefficient (Wildman–Crippen LogP) is 3.98. The molecule has 1 fully saturated rings. The lowest BCUT2D eigenvalue weighted by Crippen LogP contribution is -2.46. The number of hydrogen-bond donors (Lipinski definition) is 1. The second kappa shape index (κ2) is 8.31. The van der Waals surface area contributed by atoms with Gasteiger partial charge in [0.1, 0.15) is 22.4 Å². The number of halogens is 1. The Morgan fingerprint density at radius 3 is 2.62 bits per heavy atom. The van der Waals surface area contributed by atoms with E-state index in [0.717, 1.165) is 54.7 Å². The Morgan fingerprint density at radius 1 is 1.09 bits per heavy atom. The molecule has 0 bridgehead atoms. The number of rotatable bonds is 5. The third-order valence-corrected chi connectivity index (χ3v) is 6.04. The van der Waals surface area contributed by atoms with Crippen LogP contribution in [0.5, 0.6) is 0 Å². The number of nitrogens with zero attached hydrogens (tertiary/aromatic N) is 7. The maximum Gasteiger partial charge on any atom is 0.227 e. The van der Waals surface area contributed by atoms with Crippen LogP contribution in [0.1, 0.15) is 26.8 Å². The van der Waals surface area contributed by atoms with E-state index in [0.29, 0.717) is 17.3 Å². The Kier molecular flexibility index (Phi) is 5.34. The quantitative estimate of drug-likeness (QED) is 0.509.